The average Bonchev–Trinajstić information content (AvgIpc) is 2.67. The topological polar surface area (TPSA) is 58.6 Å². The Labute approximate surface area is 133 Å². The minimum atomic E-state index is -0.0217. The summed E-state index contributed by atoms with van der Waals surface area (Å²) in [7, 11) is 0. The number of benzene rings is 1. The highest BCUT2D eigenvalue weighted by Crippen LogP contribution is 2.26. The predicted molar refractivity (Wildman–Crippen MR) is 80.8 cm³/mol. The molecule has 0 aromatic heterocycles. The van der Waals surface area contributed by atoms with E-state index >= 15 is 0 Å². The summed E-state index contributed by atoms with van der Waals surface area (Å²) < 4.78 is 5.48. The second-order valence-electron chi connectivity index (χ2n) is 4.66. The van der Waals surface area contributed by atoms with Crippen molar-refractivity contribution >= 4 is 35.0 Å². The van der Waals surface area contributed by atoms with Gasteiger partial charge in [-0.25, -0.2) is 0 Å². The van der Waals surface area contributed by atoms with Crippen LogP contribution in [0.2, 0.25) is 10.0 Å². The highest BCUT2D eigenvalue weighted by Gasteiger charge is 2.18. The Hall–Kier alpha value is -1.46. The molecule has 114 valence electrons. The second kappa shape index (κ2) is 7.52. The van der Waals surface area contributed by atoms with Gasteiger partial charge in [-0.1, -0.05) is 23.2 Å². The van der Waals surface area contributed by atoms with Crippen LogP contribution >= 0.6 is 23.2 Å². The van der Waals surface area contributed by atoms with Crippen molar-refractivity contribution in [1.29, 1.82) is 0 Å². The van der Waals surface area contributed by atoms with Gasteiger partial charge >= 0.3 is 0 Å². The summed E-state index contributed by atoms with van der Waals surface area (Å²) in [5.74, 6) is 0.536. The lowest BCUT2D eigenvalue weighted by Gasteiger charge is -2.19. The fourth-order valence-corrected chi connectivity index (χ4v) is 2.29. The number of hydrogen-bond acceptors (Lipinski definition) is 3. The number of amides is 2. The number of ether oxygens (including phenoxy) is 1. The Kier molecular flexibility index (Phi) is 5.70. The maximum absolute atomic E-state index is 12.0. The van der Waals surface area contributed by atoms with E-state index in [9.17, 15) is 9.59 Å². The molecule has 0 bridgehead atoms. The molecule has 1 aromatic carbocycles. The molecule has 1 heterocycles. The first kappa shape index (κ1) is 15.9. The van der Waals surface area contributed by atoms with Crippen LogP contribution in [-0.2, 0) is 9.59 Å². The van der Waals surface area contributed by atoms with E-state index in [4.69, 9.17) is 27.9 Å². The molecule has 0 radical (unpaired) electrons. The van der Waals surface area contributed by atoms with Crippen LogP contribution < -0.4 is 10.1 Å². The van der Waals surface area contributed by atoms with E-state index in [1.165, 1.54) is 0 Å². The molecule has 21 heavy (non-hydrogen) atoms. The molecule has 0 unspecified atom stereocenters. The highest BCUT2D eigenvalue weighted by molar-refractivity contribution is 6.42. The molecule has 1 fully saturated rings. The van der Waals surface area contributed by atoms with Crippen molar-refractivity contribution in [3.63, 3.8) is 0 Å². The molecule has 0 saturated carbocycles. The normalized spacial score (nSPS) is 15.3. The lowest BCUT2D eigenvalue weighted by atomic mass is 10.3. The lowest BCUT2D eigenvalue weighted by molar-refractivity contribution is -0.131. The first-order valence-electron chi connectivity index (χ1n) is 6.68. The third kappa shape index (κ3) is 4.79. The van der Waals surface area contributed by atoms with Crippen molar-refractivity contribution in [1.82, 2.24) is 10.2 Å². The van der Waals surface area contributed by atoms with Gasteiger partial charge in [-0.2, -0.15) is 0 Å². The van der Waals surface area contributed by atoms with Gasteiger partial charge in [0, 0.05) is 32.1 Å². The zero-order valence-corrected chi connectivity index (χ0v) is 12.9. The van der Waals surface area contributed by atoms with E-state index in [2.05, 4.69) is 5.32 Å². The molecule has 1 saturated heterocycles. The maximum atomic E-state index is 12.0. The highest BCUT2D eigenvalue weighted by atomic mass is 35.5. The van der Waals surface area contributed by atoms with E-state index in [1.807, 2.05) is 0 Å². The smallest absolute Gasteiger partial charge is 0.226 e. The van der Waals surface area contributed by atoms with Crippen LogP contribution in [0.1, 0.15) is 12.8 Å². The van der Waals surface area contributed by atoms with Crippen LogP contribution in [0.4, 0.5) is 0 Å². The number of halogens is 2. The molecule has 5 nitrogen and oxygen atoms in total. The number of carbonyl (C=O) groups is 2. The Morgan fingerprint density at radius 2 is 2.10 bits per heavy atom. The standard InChI is InChI=1S/C14H16Cl2N2O3/c15-11-2-1-10(9-12(11)16)21-8-4-14(20)18-6-3-13(19)17-5-7-18/h1-2,9H,3-8H2,(H,17,19). The van der Waals surface area contributed by atoms with Crippen molar-refractivity contribution in [2.45, 2.75) is 12.8 Å². The Morgan fingerprint density at radius 1 is 1.29 bits per heavy atom. The van der Waals surface area contributed by atoms with Crippen molar-refractivity contribution in [2.24, 2.45) is 0 Å². The summed E-state index contributed by atoms with van der Waals surface area (Å²) in [6.07, 6.45) is 0.605. The first-order valence-corrected chi connectivity index (χ1v) is 7.44. The van der Waals surface area contributed by atoms with Crippen LogP contribution in [0.3, 0.4) is 0 Å². The van der Waals surface area contributed by atoms with Gasteiger partial charge in [0.2, 0.25) is 11.8 Å². The van der Waals surface area contributed by atoms with Crippen molar-refractivity contribution in [2.75, 3.05) is 26.2 Å². The van der Waals surface area contributed by atoms with Gasteiger partial charge in [-0.15, -0.1) is 0 Å². The van der Waals surface area contributed by atoms with E-state index in [0.717, 1.165) is 0 Å². The zero-order chi connectivity index (χ0) is 15.2. The van der Waals surface area contributed by atoms with Crippen molar-refractivity contribution in [3.05, 3.63) is 28.2 Å². The van der Waals surface area contributed by atoms with Gasteiger partial charge in [0.25, 0.3) is 0 Å². The van der Waals surface area contributed by atoms with Gasteiger partial charge < -0.3 is 15.0 Å². The van der Waals surface area contributed by atoms with Gasteiger partial charge in [0.1, 0.15) is 5.75 Å². The second-order valence-corrected chi connectivity index (χ2v) is 5.47. The summed E-state index contributed by atoms with van der Waals surface area (Å²) >= 11 is 11.7. The molecule has 1 N–H and O–H groups in total. The van der Waals surface area contributed by atoms with E-state index in [0.29, 0.717) is 41.8 Å². The number of hydrogen-bond donors (Lipinski definition) is 1. The molecule has 2 amide bonds. The SMILES string of the molecule is O=C1CCN(C(=O)CCOc2ccc(Cl)c(Cl)c2)CCN1. The van der Waals surface area contributed by atoms with Gasteiger partial charge in [-0.3, -0.25) is 9.59 Å². The Bertz CT molecular complexity index is 537. The summed E-state index contributed by atoms with van der Waals surface area (Å²) in [4.78, 5) is 24.9. The Balaban J connectivity index is 1.78. The molecular formula is C14H16Cl2N2O3. The van der Waals surface area contributed by atoms with E-state index in [-0.39, 0.29) is 24.8 Å². The van der Waals surface area contributed by atoms with Crippen LogP contribution in [-0.4, -0.2) is 43.0 Å². The van der Waals surface area contributed by atoms with Crippen LogP contribution in [0.25, 0.3) is 0 Å². The number of carbonyl (C=O) groups excluding carboxylic acids is 2. The molecule has 1 aromatic rings. The molecule has 2 rings (SSSR count). The van der Waals surface area contributed by atoms with Crippen LogP contribution in [0.5, 0.6) is 5.75 Å². The molecule has 7 heteroatoms. The molecule has 1 aliphatic heterocycles. The monoisotopic (exact) mass is 330 g/mol. The van der Waals surface area contributed by atoms with E-state index < -0.39 is 0 Å². The fourth-order valence-electron chi connectivity index (χ4n) is 2.00. The maximum Gasteiger partial charge on any atom is 0.226 e. The third-order valence-corrected chi connectivity index (χ3v) is 3.88. The van der Waals surface area contributed by atoms with Gasteiger partial charge in [0.15, 0.2) is 0 Å². The summed E-state index contributed by atoms with van der Waals surface area (Å²) in [6.45, 7) is 1.75. The number of nitrogens with zero attached hydrogens (tertiary/aromatic N) is 1. The first-order chi connectivity index (χ1) is 10.1. The third-order valence-electron chi connectivity index (χ3n) is 3.14. The Morgan fingerprint density at radius 3 is 2.86 bits per heavy atom. The molecule has 0 atom stereocenters. The number of nitrogens with one attached hydrogen (secondary N) is 1. The average molecular weight is 331 g/mol. The lowest BCUT2D eigenvalue weighted by Crippen LogP contribution is -2.34. The largest absolute Gasteiger partial charge is 0.493 e. The molecule has 0 spiro atoms. The summed E-state index contributed by atoms with van der Waals surface area (Å²) in [6, 6.07) is 4.96. The molecular weight excluding hydrogens is 315 g/mol. The van der Waals surface area contributed by atoms with Crippen molar-refractivity contribution < 1.29 is 14.3 Å². The summed E-state index contributed by atoms with van der Waals surface area (Å²) in [5.41, 5.74) is 0. The predicted octanol–water partition coefficient (Wildman–Crippen LogP) is 2.11. The minimum Gasteiger partial charge on any atom is -0.493 e. The minimum absolute atomic E-state index is 0.0163. The van der Waals surface area contributed by atoms with Crippen LogP contribution in [0.15, 0.2) is 18.2 Å². The number of rotatable bonds is 4. The fraction of sp³-hybridized carbons (Fsp3) is 0.429. The van der Waals surface area contributed by atoms with E-state index in [1.54, 1.807) is 23.1 Å². The molecule has 1 aliphatic rings. The van der Waals surface area contributed by atoms with Crippen LogP contribution in [0, 0.1) is 0 Å². The summed E-state index contributed by atoms with van der Waals surface area (Å²) in [5, 5.41) is 3.61. The van der Waals surface area contributed by atoms with Gasteiger partial charge in [-0.05, 0) is 12.1 Å². The molecule has 0 aliphatic carbocycles. The quantitative estimate of drug-likeness (QED) is 0.919. The van der Waals surface area contributed by atoms with Gasteiger partial charge in [0.05, 0.1) is 23.1 Å². The van der Waals surface area contributed by atoms with Crippen molar-refractivity contribution in [3.8, 4) is 5.75 Å². The zero-order valence-electron chi connectivity index (χ0n) is 11.4.